The van der Waals surface area contributed by atoms with Crippen LogP contribution < -0.4 is 10.2 Å². The predicted molar refractivity (Wildman–Crippen MR) is 104 cm³/mol. The SMILES string of the molecule is Cc1cc(C)c(NC(=O)C2CC(=O)N(c3ccc(Br)cc3)C2)c(Cl)c1. The number of nitrogens with zero attached hydrogens (tertiary/aromatic N) is 1. The predicted octanol–water partition coefficient (Wildman–Crippen LogP) is 4.71. The molecular weight excluding hydrogens is 404 g/mol. The van der Waals surface area contributed by atoms with Crippen LogP contribution in [0, 0.1) is 19.8 Å². The van der Waals surface area contributed by atoms with Gasteiger partial charge in [-0.05, 0) is 55.3 Å². The molecule has 0 saturated carbocycles. The molecule has 0 spiro atoms. The van der Waals surface area contributed by atoms with E-state index >= 15 is 0 Å². The van der Waals surface area contributed by atoms with E-state index in [9.17, 15) is 9.59 Å². The first kappa shape index (κ1) is 18.0. The third kappa shape index (κ3) is 3.88. The summed E-state index contributed by atoms with van der Waals surface area (Å²) in [5.41, 5.74) is 3.37. The van der Waals surface area contributed by atoms with E-state index < -0.39 is 5.92 Å². The molecule has 1 heterocycles. The van der Waals surface area contributed by atoms with Gasteiger partial charge in [0.25, 0.3) is 0 Å². The Morgan fingerprint density at radius 2 is 1.92 bits per heavy atom. The zero-order valence-electron chi connectivity index (χ0n) is 14.0. The summed E-state index contributed by atoms with van der Waals surface area (Å²) in [6.07, 6.45) is 0.199. The van der Waals surface area contributed by atoms with Gasteiger partial charge in [0, 0.05) is 23.1 Å². The van der Waals surface area contributed by atoms with Gasteiger partial charge >= 0.3 is 0 Å². The van der Waals surface area contributed by atoms with Gasteiger partial charge < -0.3 is 10.2 Å². The molecule has 0 aromatic heterocycles. The van der Waals surface area contributed by atoms with Crippen LogP contribution in [0.4, 0.5) is 11.4 Å². The monoisotopic (exact) mass is 420 g/mol. The number of benzene rings is 2. The molecule has 1 fully saturated rings. The standard InChI is InChI=1S/C19H18BrClN2O2/c1-11-7-12(2)18(16(21)8-11)22-19(25)13-9-17(24)23(10-13)15-5-3-14(20)4-6-15/h3-8,13H,9-10H2,1-2H3,(H,22,25). The summed E-state index contributed by atoms with van der Waals surface area (Å²) < 4.78 is 0.946. The summed E-state index contributed by atoms with van der Waals surface area (Å²) in [4.78, 5) is 26.6. The van der Waals surface area contributed by atoms with E-state index in [1.807, 2.05) is 50.2 Å². The van der Waals surface area contributed by atoms with Crippen LogP contribution in [0.5, 0.6) is 0 Å². The van der Waals surface area contributed by atoms with Gasteiger partial charge in [0.05, 0.1) is 16.6 Å². The van der Waals surface area contributed by atoms with Gasteiger partial charge in [-0.25, -0.2) is 0 Å². The van der Waals surface area contributed by atoms with Crippen molar-refractivity contribution in [3.05, 3.63) is 57.0 Å². The number of hydrogen-bond donors (Lipinski definition) is 1. The fourth-order valence-corrected chi connectivity index (χ4v) is 3.69. The molecule has 1 N–H and O–H groups in total. The fraction of sp³-hybridized carbons (Fsp3) is 0.263. The van der Waals surface area contributed by atoms with Gasteiger partial charge in [-0.1, -0.05) is 33.6 Å². The van der Waals surface area contributed by atoms with Gasteiger partial charge in [-0.2, -0.15) is 0 Å². The molecule has 4 nitrogen and oxygen atoms in total. The maximum Gasteiger partial charge on any atom is 0.229 e. The number of halogens is 2. The summed E-state index contributed by atoms with van der Waals surface area (Å²) in [6.45, 7) is 4.23. The van der Waals surface area contributed by atoms with Crippen molar-refractivity contribution in [3.63, 3.8) is 0 Å². The zero-order valence-corrected chi connectivity index (χ0v) is 16.3. The van der Waals surface area contributed by atoms with Crippen LogP contribution in [0.1, 0.15) is 17.5 Å². The van der Waals surface area contributed by atoms with Crippen LogP contribution in [0.15, 0.2) is 40.9 Å². The summed E-state index contributed by atoms with van der Waals surface area (Å²) in [5.74, 6) is -0.621. The second-order valence-electron chi connectivity index (χ2n) is 6.31. The molecular formula is C19H18BrClN2O2. The van der Waals surface area contributed by atoms with Gasteiger partial charge in [0.1, 0.15) is 0 Å². The summed E-state index contributed by atoms with van der Waals surface area (Å²) in [6, 6.07) is 11.3. The highest BCUT2D eigenvalue weighted by atomic mass is 79.9. The Kier molecular flexibility index (Phi) is 5.16. The van der Waals surface area contributed by atoms with Crippen LogP contribution >= 0.6 is 27.5 Å². The van der Waals surface area contributed by atoms with Crippen LogP contribution in [-0.2, 0) is 9.59 Å². The van der Waals surface area contributed by atoms with Crippen LogP contribution in [-0.4, -0.2) is 18.4 Å². The first-order chi connectivity index (χ1) is 11.8. The first-order valence-electron chi connectivity index (χ1n) is 7.98. The van der Waals surface area contributed by atoms with Crippen molar-refractivity contribution in [3.8, 4) is 0 Å². The van der Waals surface area contributed by atoms with Gasteiger partial charge in [-0.3, -0.25) is 9.59 Å². The Bertz CT molecular complexity index is 813. The number of rotatable bonds is 3. The maximum absolute atomic E-state index is 12.6. The Morgan fingerprint density at radius 1 is 1.24 bits per heavy atom. The lowest BCUT2D eigenvalue weighted by molar-refractivity contribution is -0.122. The van der Waals surface area contributed by atoms with Crippen molar-refractivity contribution in [2.24, 2.45) is 5.92 Å². The average Bonchev–Trinajstić information content (AvgIpc) is 2.93. The van der Waals surface area contributed by atoms with E-state index in [1.54, 1.807) is 4.90 Å². The number of anilines is 2. The van der Waals surface area contributed by atoms with Crippen molar-refractivity contribution in [1.82, 2.24) is 0 Å². The van der Waals surface area contributed by atoms with E-state index in [1.165, 1.54) is 0 Å². The van der Waals surface area contributed by atoms with Crippen molar-refractivity contribution in [2.45, 2.75) is 20.3 Å². The van der Waals surface area contributed by atoms with Crippen LogP contribution in [0.3, 0.4) is 0 Å². The quantitative estimate of drug-likeness (QED) is 0.780. The van der Waals surface area contributed by atoms with E-state index in [0.717, 1.165) is 21.3 Å². The van der Waals surface area contributed by atoms with E-state index in [-0.39, 0.29) is 18.2 Å². The molecule has 2 aromatic rings. The lowest BCUT2D eigenvalue weighted by Gasteiger charge is -2.17. The molecule has 2 aromatic carbocycles. The molecule has 2 amide bonds. The average molecular weight is 422 g/mol. The number of carbonyl (C=O) groups excluding carboxylic acids is 2. The van der Waals surface area contributed by atoms with Gasteiger partial charge in [0.2, 0.25) is 11.8 Å². The van der Waals surface area contributed by atoms with Crippen LogP contribution in [0.25, 0.3) is 0 Å². The summed E-state index contributed by atoms with van der Waals surface area (Å²) in [7, 11) is 0. The number of nitrogens with one attached hydrogen (secondary N) is 1. The molecule has 3 rings (SSSR count). The van der Waals surface area contributed by atoms with Crippen molar-refractivity contribution < 1.29 is 9.59 Å². The highest BCUT2D eigenvalue weighted by Crippen LogP contribution is 2.30. The summed E-state index contributed by atoms with van der Waals surface area (Å²) in [5, 5.41) is 3.41. The molecule has 1 aliphatic rings. The number of hydrogen-bond acceptors (Lipinski definition) is 2. The minimum Gasteiger partial charge on any atom is -0.324 e. The fourth-order valence-electron chi connectivity index (χ4n) is 3.05. The van der Waals surface area contributed by atoms with E-state index in [4.69, 9.17) is 11.6 Å². The minimum absolute atomic E-state index is 0.0470. The Balaban J connectivity index is 1.74. The number of aryl methyl sites for hydroxylation is 2. The molecule has 25 heavy (non-hydrogen) atoms. The molecule has 1 saturated heterocycles. The van der Waals surface area contributed by atoms with Crippen molar-refractivity contribution in [1.29, 1.82) is 0 Å². The molecule has 1 unspecified atom stereocenters. The normalized spacial score (nSPS) is 17.0. The second-order valence-corrected chi connectivity index (χ2v) is 7.63. The number of carbonyl (C=O) groups is 2. The highest BCUT2D eigenvalue weighted by molar-refractivity contribution is 9.10. The Hall–Kier alpha value is -1.85. The smallest absolute Gasteiger partial charge is 0.229 e. The third-order valence-electron chi connectivity index (χ3n) is 4.31. The van der Waals surface area contributed by atoms with Gasteiger partial charge in [-0.15, -0.1) is 0 Å². The second kappa shape index (κ2) is 7.18. The summed E-state index contributed by atoms with van der Waals surface area (Å²) >= 11 is 9.64. The zero-order chi connectivity index (χ0) is 18.1. The van der Waals surface area contributed by atoms with E-state index in [0.29, 0.717) is 17.3 Å². The molecule has 0 aliphatic carbocycles. The van der Waals surface area contributed by atoms with Crippen LogP contribution in [0.2, 0.25) is 5.02 Å². The maximum atomic E-state index is 12.6. The number of amides is 2. The first-order valence-corrected chi connectivity index (χ1v) is 9.16. The third-order valence-corrected chi connectivity index (χ3v) is 5.14. The van der Waals surface area contributed by atoms with E-state index in [2.05, 4.69) is 21.2 Å². The van der Waals surface area contributed by atoms with Gasteiger partial charge in [0.15, 0.2) is 0 Å². The molecule has 1 aliphatic heterocycles. The molecule has 0 radical (unpaired) electrons. The highest BCUT2D eigenvalue weighted by Gasteiger charge is 2.35. The topological polar surface area (TPSA) is 49.4 Å². The minimum atomic E-state index is -0.395. The molecule has 0 bridgehead atoms. The van der Waals surface area contributed by atoms with Crippen molar-refractivity contribution in [2.75, 3.05) is 16.8 Å². The lowest BCUT2D eigenvalue weighted by Crippen LogP contribution is -2.28. The Labute approximate surface area is 160 Å². The molecule has 1 atom stereocenters. The largest absolute Gasteiger partial charge is 0.324 e. The molecule has 6 heteroatoms. The molecule has 130 valence electrons. The Morgan fingerprint density at radius 3 is 2.56 bits per heavy atom. The van der Waals surface area contributed by atoms with Crippen molar-refractivity contribution >= 4 is 50.7 Å². The lowest BCUT2D eigenvalue weighted by atomic mass is 10.1.